The second kappa shape index (κ2) is 8.23. The molecule has 0 radical (unpaired) electrons. The second-order valence-electron chi connectivity index (χ2n) is 8.95. The highest BCUT2D eigenvalue weighted by Gasteiger charge is 2.34. The predicted molar refractivity (Wildman–Crippen MR) is 120 cm³/mol. The van der Waals surface area contributed by atoms with Crippen molar-refractivity contribution in [3.8, 4) is 0 Å². The number of ether oxygens (including phenoxy) is 2. The SMILES string of the molecule is CC(C)(C)CC(=O)Nc1ccc2c(c1)CCN2C(C1=COCO1)c1ccccc1Cl. The van der Waals surface area contributed by atoms with Crippen LogP contribution in [-0.4, -0.2) is 19.2 Å². The van der Waals surface area contributed by atoms with Crippen molar-refractivity contribution in [2.75, 3.05) is 23.6 Å². The Balaban J connectivity index is 1.61. The molecular formula is C24H27ClN2O3. The van der Waals surface area contributed by atoms with Crippen LogP contribution in [0.1, 0.15) is 44.4 Å². The molecule has 0 bridgehead atoms. The highest BCUT2D eigenvalue weighted by atomic mass is 35.5. The van der Waals surface area contributed by atoms with E-state index in [0.717, 1.165) is 35.7 Å². The summed E-state index contributed by atoms with van der Waals surface area (Å²) in [5, 5.41) is 3.73. The molecule has 2 aliphatic rings. The molecule has 1 unspecified atom stereocenters. The van der Waals surface area contributed by atoms with Crippen LogP contribution in [0.15, 0.2) is 54.5 Å². The molecule has 0 aromatic heterocycles. The Hall–Kier alpha value is -2.66. The van der Waals surface area contributed by atoms with Crippen LogP contribution in [0.2, 0.25) is 5.02 Å². The summed E-state index contributed by atoms with van der Waals surface area (Å²) in [6.07, 6.45) is 3.04. The lowest BCUT2D eigenvalue weighted by Crippen LogP contribution is -2.29. The lowest BCUT2D eigenvalue weighted by atomic mass is 9.92. The molecule has 2 aromatic carbocycles. The second-order valence-corrected chi connectivity index (χ2v) is 9.35. The molecule has 1 N–H and O–H groups in total. The van der Waals surface area contributed by atoms with E-state index in [0.29, 0.717) is 11.4 Å². The summed E-state index contributed by atoms with van der Waals surface area (Å²) < 4.78 is 11.1. The summed E-state index contributed by atoms with van der Waals surface area (Å²) >= 11 is 6.54. The van der Waals surface area contributed by atoms with Crippen molar-refractivity contribution in [1.29, 1.82) is 0 Å². The number of nitrogens with zero attached hydrogens (tertiary/aromatic N) is 1. The number of carbonyl (C=O) groups excluding carboxylic acids is 1. The number of fused-ring (bicyclic) bond motifs is 1. The van der Waals surface area contributed by atoms with Crippen LogP contribution in [0.25, 0.3) is 0 Å². The third kappa shape index (κ3) is 4.41. The molecule has 0 fully saturated rings. The van der Waals surface area contributed by atoms with Gasteiger partial charge < -0.3 is 19.7 Å². The molecule has 2 aromatic rings. The van der Waals surface area contributed by atoms with Crippen molar-refractivity contribution in [2.45, 2.75) is 39.7 Å². The van der Waals surface area contributed by atoms with Crippen molar-refractivity contribution < 1.29 is 14.3 Å². The van der Waals surface area contributed by atoms with Crippen LogP contribution in [0, 0.1) is 5.41 Å². The van der Waals surface area contributed by atoms with Crippen LogP contribution in [0.4, 0.5) is 11.4 Å². The molecule has 0 saturated heterocycles. The van der Waals surface area contributed by atoms with Crippen LogP contribution in [-0.2, 0) is 20.7 Å². The zero-order valence-corrected chi connectivity index (χ0v) is 18.3. The van der Waals surface area contributed by atoms with E-state index in [1.54, 1.807) is 6.26 Å². The number of anilines is 2. The minimum absolute atomic E-state index is 0.0351. The Morgan fingerprint density at radius 1 is 1.23 bits per heavy atom. The van der Waals surface area contributed by atoms with E-state index >= 15 is 0 Å². The summed E-state index contributed by atoms with van der Waals surface area (Å²) in [7, 11) is 0. The van der Waals surface area contributed by atoms with Gasteiger partial charge in [-0.25, -0.2) is 0 Å². The van der Waals surface area contributed by atoms with Crippen molar-refractivity contribution in [1.82, 2.24) is 0 Å². The van der Waals surface area contributed by atoms with Gasteiger partial charge >= 0.3 is 0 Å². The topological polar surface area (TPSA) is 50.8 Å². The van der Waals surface area contributed by atoms with E-state index in [1.807, 2.05) is 30.3 Å². The van der Waals surface area contributed by atoms with Gasteiger partial charge in [0.2, 0.25) is 12.7 Å². The Morgan fingerprint density at radius 3 is 2.73 bits per heavy atom. The van der Waals surface area contributed by atoms with E-state index in [2.05, 4.69) is 43.1 Å². The van der Waals surface area contributed by atoms with E-state index in [1.165, 1.54) is 5.56 Å². The fourth-order valence-electron chi connectivity index (χ4n) is 4.03. The maximum absolute atomic E-state index is 12.3. The van der Waals surface area contributed by atoms with Crippen LogP contribution >= 0.6 is 11.6 Å². The summed E-state index contributed by atoms with van der Waals surface area (Å²) in [6, 6.07) is 13.8. The number of amides is 1. The first-order chi connectivity index (χ1) is 14.3. The summed E-state index contributed by atoms with van der Waals surface area (Å²) in [5.74, 6) is 0.784. The Kier molecular flexibility index (Phi) is 5.65. The predicted octanol–water partition coefficient (Wildman–Crippen LogP) is 5.66. The van der Waals surface area contributed by atoms with E-state index in [4.69, 9.17) is 21.1 Å². The van der Waals surface area contributed by atoms with Gasteiger partial charge in [-0.3, -0.25) is 4.79 Å². The average Bonchev–Trinajstić information content (AvgIpc) is 3.32. The third-order valence-electron chi connectivity index (χ3n) is 5.26. The van der Waals surface area contributed by atoms with Gasteiger partial charge in [-0.15, -0.1) is 0 Å². The molecule has 4 rings (SSSR count). The monoisotopic (exact) mass is 426 g/mol. The number of rotatable bonds is 5. The van der Waals surface area contributed by atoms with Crippen LogP contribution in [0.5, 0.6) is 0 Å². The van der Waals surface area contributed by atoms with Crippen LogP contribution in [0.3, 0.4) is 0 Å². The van der Waals surface area contributed by atoms with E-state index < -0.39 is 0 Å². The molecule has 1 amide bonds. The Bertz CT molecular complexity index is 981. The number of hydrogen-bond acceptors (Lipinski definition) is 4. The van der Waals surface area contributed by atoms with Crippen molar-refractivity contribution >= 4 is 28.9 Å². The van der Waals surface area contributed by atoms with E-state index in [-0.39, 0.29) is 24.2 Å². The number of carbonyl (C=O) groups is 1. The molecule has 0 saturated carbocycles. The fourth-order valence-corrected chi connectivity index (χ4v) is 4.27. The molecule has 1 atom stereocenters. The van der Waals surface area contributed by atoms with Gasteiger partial charge in [0.25, 0.3) is 0 Å². The minimum atomic E-state index is -0.163. The zero-order valence-electron chi connectivity index (χ0n) is 17.6. The van der Waals surface area contributed by atoms with Gasteiger partial charge in [0.15, 0.2) is 5.76 Å². The molecule has 5 nitrogen and oxygen atoms in total. The highest BCUT2D eigenvalue weighted by molar-refractivity contribution is 6.31. The van der Waals surface area contributed by atoms with Crippen molar-refractivity contribution in [2.24, 2.45) is 5.41 Å². The minimum Gasteiger partial charge on any atom is -0.462 e. The number of benzene rings is 2. The number of hydrogen-bond donors (Lipinski definition) is 1. The maximum Gasteiger partial charge on any atom is 0.229 e. The number of nitrogens with one attached hydrogen (secondary N) is 1. The Labute approximate surface area is 182 Å². The lowest BCUT2D eigenvalue weighted by Gasteiger charge is -2.31. The van der Waals surface area contributed by atoms with Gasteiger partial charge in [-0.05, 0) is 41.7 Å². The molecule has 2 heterocycles. The first-order valence-corrected chi connectivity index (χ1v) is 10.6. The van der Waals surface area contributed by atoms with Gasteiger partial charge in [0.05, 0.1) is 0 Å². The molecule has 2 aliphatic heterocycles. The standard InChI is InChI=1S/C24H27ClN2O3/c1-24(2,3)13-22(28)26-17-8-9-20-16(12-17)10-11-27(20)23(21-14-29-15-30-21)18-6-4-5-7-19(18)25/h4-9,12,14,23H,10-11,13,15H2,1-3H3,(H,26,28). The summed E-state index contributed by atoms with van der Waals surface area (Å²) in [4.78, 5) is 14.6. The first kappa shape index (κ1) is 20.6. The first-order valence-electron chi connectivity index (χ1n) is 10.2. The third-order valence-corrected chi connectivity index (χ3v) is 5.60. The summed E-state index contributed by atoms with van der Waals surface area (Å²) in [5.41, 5.74) is 4.08. The fraction of sp³-hybridized carbons (Fsp3) is 0.375. The average molecular weight is 427 g/mol. The quantitative estimate of drug-likeness (QED) is 0.669. The largest absolute Gasteiger partial charge is 0.462 e. The van der Waals surface area contributed by atoms with Crippen molar-refractivity contribution in [3.05, 3.63) is 70.6 Å². The molecule has 30 heavy (non-hydrogen) atoms. The molecular weight excluding hydrogens is 400 g/mol. The Morgan fingerprint density at radius 2 is 2.03 bits per heavy atom. The zero-order chi connectivity index (χ0) is 21.3. The summed E-state index contributed by atoms with van der Waals surface area (Å²) in [6.45, 7) is 7.23. The van der Waals surface area contributed by atoms with E-state index in [9.17, 15) is 4.79 Å². The molecule has 0 aliphatic carbocycles. The van der Waals surface area contributed by atoms with Gasteiger partial charge in [-0.1, -0.05) is 50.6 Å². The lowest BCUT2D eigenvalue weighted by molar-refractivity contribution is -0.117. The smallest absolute Gasteiger partial charge is 0.229 e. The van der Waals surface area contributed by atoms with Gasteiger partial charge in [-0.2, -0.15) is 0 Å². The maximum atomic E-state index is 12.3. The van der Waals surface area contributed by atoms with Gasteiger partial charge in [0, 0.05) is 34.9 Å². The number of halogens is 1. The highest BCUT2D eigenvalue weighted by Crippen LogP contribution is 2.42. The van der Waals surface area contributed by atoms with Crippen LogP contribution < -0.4 is 10.2 Å². The molecule has 158 valence electrons. The molecule has 6 heteroatoms. The van der Waals surface area contributed by atoms with Gasteiger partial charge in [0.1, 0.15) is 12.3 Å². The molecule has 0 spiro atoms. The van der Waals surface area contributed by atoms with Crippen molar-refractivity contribution in [3.63, 3.8) is 0 Å². The normalized spacial score (nSPS) is 16.4.